The van der Waals surface area contributed by atoms with Crippen molar-refractivity contribution >= 4 is 0 Å². The van der Waals surface area contributed by atoms with Crippen molar-refractivity contribution in [1.29, 1.82) is 0 Å². The van der Waals surface area contributed by atoms with Gasteiger partial charge in [-0.25, -0.2) is 14.3 Å². The van der Waals surface area contributed by atoms with E-state index in [0.29, 0.717) is 12.5 Å². The molecule has 1 aliphatic rings. The van der Waals surface area contributed by atoms with Gasteiger partial charge in [0.1, 0.15) is 6.67 Å². The molecule has 0 atom stereocenters. The van der Waals surface area contributed by atoms with Crippen molar-refractivity contribution in [2.24, 2.45) is 5.92 Å². The van der Waals surface area contributed by atoms with Crippen molar-refractivity contribution in [2.45, 2.75) is 26.1 Å². The van der Waals surface area contributed by atoms with Crippen LogP contribution in [0, 0.1) is 5.92 Å². The summed E-state index contributed by atoms with van der Waals surface area (Å²) in [4.78, 5) is 11.0. The molecular weight excluding hydrogens is 161 g/mol. The van der Waals surface area contributed by atoms with Gasteiger partial charge in [-0.05, 0) is 18.8 Å². The van der Waals surface area contributed by atoms with Crippen LogP contribution in [0.5, 0.6) is 0 Å². The molecule has 66 valence electrons. The van der Waals surface area contributed by atoms with Gasteiger partial charge in [-0.2, -0.15) is 5.10 Å². The molecule has 5 heteroatoms. The quantitative estimate of drug-likeness (QED) is 0.717. The van der Waals surface area contributed by atoms with E-state index >= 15 is 0 Å². The summed E-state index contributed by atoms with van der Waals surface area (Å²) < 4.78 is 13.6. The Morgan fingerprint density at radius 3 is 3.00 bits per heavy atom. The Hall–Kier alpha value is -1.13. The SMILES string of the molecule is O=c1[nH]nc(CF)n1CC1CC1. The van der Waals surface area contributed by atoms with Crippen LogP contribution in [0.2, 0.25) is 0 Å². The van der Waals surface area contributed by atoms with Crippen molar-refractivity contribution in [3.05, 3.63) is 16.3 Å². The van der Waals surface area contributed by atoms with E-state index in [9.17, 15) is 9.18 Å². The molecule has 1 aromatic heterocycles. The molecule has 2 rings (SSSR count). The molecule has 1 heterocycles. The van der Waals surface area contributed by atoms with E-state index in [1.54, 1.807) is 0 Å². The summed E-state index contributed by atoms with van der Waals surface area (Å²) in [5, 5.41) is 5.80. The third kappa shape index (κ3) is 1.26. The summed E-state index contributed by atoms with van der Waals surface area (Å²) in [6.07, 6.45) is 2.28. The van der Waals surface area contributed by atoms with E-state index in [4.69, 9.17) is 0 Å². The number of H-pyrrole nitrogens is 1. The molecule has 0 aromatic carbocycles. The van der Waals surface area contributed by atoms with Gasteiger partial charge in [0.05, 0.1) is 0 Å². The van der Waals surface area contributed by atoms with E-state index in [0.717, 1.165) is 12.8 Å². The molecule has 1 aliphatic carbocycles. The lowest BCUT2D eigenvalue weighted by atomic mass is 10.4. The van der Waals surface area contributed by atoms with Crippen LogP contribution in [-0.4, -0.2) is 14.8 Å². The fourth-order valence-electron chi connectivity index (χ4n) is 1.20. The minimum Gasteiger partial charge on any atom is -0.277 e. The van der Waals surface area contributed by atoms with Crippen molar-refractivity contribution in [3.63, 3.8) is 0 Å². The molecule has 0 amide bonds. The lowest BCUT2D eigenvalue weighted by molar-refractivity contribution is 0.437. The molecule has 1 fully saturated rings. The third-order valence-electron chi connectivity index (χ3n) is 2.09. The molecule has 0 spiro atoms. The maximum absolute atomic E-state index is 12.2. The zero-order valence-corrected chi connectivity index (χ0v) is 6.59. The van der Waals surface area contributed by atoms with Crippen LogP contribution in [0.25, 0.3) is 0 Å². The number of alkyl halides is 1. The maximum Gasteiger partial charge on any atom is 0.343 e. The average molecular weight is 171 g/mol. The smallest absolute Gasteiger partial charge is 0.277 e. The monoisotopic (exact) mass is 171 g/mol. The number of nitrogens with one attached hydrogen (secondary N) is 1. The van der Waals surface area contributed by atoms with E-state index in [1.165, 1.54) is 4.57 Å². The first-order valence-electron chi connectivity index (χ1n) is 4.01. The highest BCUT2D eigenvalue weighted by Crippen LogP contribution is 2.30. The van der Waals surface area contributed by atoms with Gasteiger partial charge >= 0.3 is 5.69 Å². The van der Waals surface area contributed by atoms with Crippen LogP contribution in [-0.2, 0) is 13.2 Å². The standard InChI is InChI=1S/C7H10FN3O/c8-3-6-9-10-7(12)11(6)4-5-1-2-5/h5H,1-4H2,(H,10,12). The lowest BCUT2D eigenvalue weighted by Gasteiger charge is -1.99. The molecule has 1 aromatic rings. The summed E-state index contributed by atoms with van der Waals surface area (Å²) in [6, 6.07) is 0. The maximum atomic E-state index is 12.2. The first-order chi connectivity index (χ1) is 5.81. The number of halogens is 1. The molecule has 0 radical (unpaired) electrons. The lowest BCUT2D eigenvalue weighted by Crippen LogP contribution is -2.19. The molecule has 0 aliphatic heterocycles. The first-order valence-corrected chi connectivity index (χ1v) is 4.01. The molecule has 1 saturated carbocycles. The van der Waals surface area contributed by atoms with Gasteiger partial charge in [-0.3, -0.25) is 4.57 Å². The number of aromatic nitrogens is 3. The van der Waals surface area contributed by atoms with Gasteiger partial charge < -0.3 is 0 Å². The zero-order chi connectivity index (χ0) is 8.55. The van der Waals surface area contributed by atoms with Crippen molar-refractivity contribution < 1.29 is 4.39 Å². The fourth-order valence-corrected chi connectivity index (χ4v) is 1.20. The number of hydrogen-bond acceptors (Lipinski definition) is 2. The zero-order valence-electron chi connectivity index (χ0n) is 6.59. The number of hydrogen-bond donors (Lipinski definition) is 1. The van der Waals surface area contributed by atoms with Gasteiger partial charge in [-0.1, -0.05) is 0 Å². The van der Waals surface area contributed by atoms with Crippen LogP contribution in [0.1, 0.15) is 18.7 Å². The second-order valence-electron chi connectivity index (χ2n) is 3.13. The Morgan fingerprint density at radius 1 is 1.67 bits per heavy atom. The van der Waals surface area contributed by atoms with Gasteiger partial charge in [0, 0.05) is 6.54 Å². The van der Waals surface area contributed by atoms with Gasteiger partial charge in [0.2, 0.25) is 0 Å². The van der Waals surface area contributed by atoms with Crippen molar-refractivity contribution in [1.82, 2.24) is 14.8 Å². The molecule has 12 heavy (non-hydrogen) atoms. The number of rotatable bonds is 3. The van der Waals surface area contributed by atoms with Crippen LogP contribution in [0.15, 0.2) is 4.79 Å². The van der Waals surface area contributed by atoms with E-state index < -0.39 is 6.67 Å². The second kappa shape index (κ2) is 2.73. The molecule has 1 N–H and O–H groups in total. The van der Waals surface area contributed by atoms with Gasteiger partial charge in [0.25, 0.3) is 0 Å². The normalized spacial score (nSPS) is 16.8. The highest BCUT2D eigenvalue weighted by atomic mass is 19.1. The second-order valence-corrected chi connectivity index (χ2v) is 3.13. The van der Waals surface area contributed by atoms with Gasteiger partial charge in [-0.15, -0.1) is 0 Å². The molecular formula is C7H10FN3O. The molecule has 0 bridgehead atoms. The Kier molecular flexibility index (Phi) is 1.71. The Bertz CT molecular complexity index is 326. The van der Waals surface area contributed by atoms with E-state index in [2.05, 4.69) is 10.2 Å². The van der Waals surface area contributed by atoms with Crippen molar-refractivity contribution in [2.75, 3.05) is 0 Å². The summed E-state index contributed by atoms with van der Waals surface area (Å²) in [5.74, 6) is 0.775. The highest BCUT2D eigenvalue weighted by Gasteiger charge is 2.23. The molecule has 0 unspecified atom stereocenters. The number of aromatic amines is 1. The van der Waals surface area contributed by atoms with Crippen LogP contribution >= 0.6 is 0 Å². The van der Waals surface area contributed by atoms with Crippen LogP contribution in [0.3, 0.4) is 0 Å². The molecule has 4 nitrogen and oxygen atoms in total. The minimum absolute atomic E-state index is 0.215. The third-order valence-corrected chi connectivity index (χ3v) is 2.09. The average Bonchev–Trinajstić information content (AvgIpc) is 2.80. The topological polar surface area (TPSA) is 50.7 Å². The molecule has 0 saturated heterocycles. The Balaban J connectivity index is 2.24. The fraction of sp³-hybridized carbons (Fsp3) is 0.714. The predicted molar refractivity (Wildman–Crippen MR) is 40.4 cm³/mol. The Labute approximate surface area is 68.4 Å². The first kappa shape index (κ1) is 7.52. The van der Waals surface area contributed by atoms with E-state index in [-0.39, 0.29) is 11.5 Å². The Morgan fingerprint density at radius 2 is 2.42 bits per heavy atom. The number of nitrogens with zero attached hydrogens (tertiary/aromatic N) is 2. The van der Waals surface area contributed by atoms with Crippen LogP contribution in [0.4, 0.5) is 4.39 Å². The van der Waals surface area contributed by atoms with E-state index in [1.807, 2.05) is 0 Å². The van der Waals surface area contributed by atoms with Crippen LogP contribution < -0.4 is 5.69 Å². The summed E-state index contributed by atoms with van der Waals surface area (Å²) in [5.41, 5.74) is -0.297. The predicted octanol–water partition coefficient (Wildman–Crippen LogP) is 0.451. The largest absolute Gasteiger partial charge is 0.343 e. The summed E-state index contributed by atoms with van der Waals surface area (Å²) >= 11 is 0. The van der Waals surface area contributed by atoms with Gasteiger partial charge in [0.15, 0.2) is 5.82 Å². The minimum atomic E-state index is -0.675. The van der Waals surface area contributed by atoms with Crippen molar-refractivity contribution in [3.8, 4) is 0 Å². The highest BCUT2D eigenvalue weighted by molar-refractivity contribution is 4.86. The summed E-state index contributed by atoms with van der Waals surface area (Å²) in [7, 11) is 0. The summed E-state index contributed by atoms with van der Waals surface area (Å²) in [6.45, 7) is -0.0555.